The second-order valence-corrected chi connectivity index (χ2v) is 3.98. The predicted molar refractivity (Wildman–Crippen MR) is 59.6 cm³/mol. The van der Waals surface area contributed by atoms with Gasteiger partial charge in [-0.2, -0.15) is 10.5 Å². The molecule has 1 aromatic rings. The van der Waals surface area contributed by atoms with Gasteiger partial charge in [0.25, 0.3) is 0 Å². The second kappa shape index (κ2) is 4.82. The zero-order valence-electron chi connectivity index (χ0n) is 8.71. The topological polar surface area (TPSA) is 47.6 Å². The molecule has 0 N–H and O–H groups in total. The van der Waals surface area contributed by atoms with Gasteiger partial charge in [-0.3, -0.25) is 0 Å². The molecule has 0 saturated heterocycles. The van der Waals surface area contributed by atoms with E-state index in [9.17, 15) is 0 Å². The largest absolute Gasteiger partial charge is 0.198 e. The molecule has 0 aliphatic heterocycles. The number of hydrogen-bond acceptors (Lipinski definition) is 2. The van der Waals surface area contributed by atoms with E-state index in [4.69, 9.17) is 22.1 Å². The van der Waals surface area contributed by atoms with E-state index in [0.29, 0.717) is 10.6 Å². The summed E-state index contributed by atoms with van der Waals surface area (Å²) in [6.45, 7) is 4.02. The number of hydrogen-bond donors (Lipinski definition) is 0. The minimum Gasteiger partial charge on any atom is -0.198 e. The van der Waals surface area contributed by atoms with Crippen molar-refractivity contribution in [2.75, 3.05) is 0 Å². The summed E-state index contributed by atoms with van der Waals surface area (Å²) in [5.41, 5.74) is 2.16. The van der Waals surface area contributed by atoms with Crippen molar-refractivity contribution in [1.29, 1.82) is 10.5 Å². The first kappa shape index (κ1) is 11.6. The molecule has 15 heavy (non-hydrogen) atoms. The van der Waals surface area contributed by atoms with Crippen LogP contribution in [-0.2, 0) is 6.42 Å². The normalized spacial score (nSPS) is 9.73. The maximum atomic E-state index is 9.02. The average Bonchev–Trinajstić information content (AvgIpc) is 2.20. The lowest BCUT2D eigenvalue weighted by Gasteiger charge is -2.11. The highest BCUT2D eigenvalue weighted by molar-refractivity contribution is 6.32. The number of nitrogens with zero attached hydrogens (tertiary/aromatic N) is 2. The molecule has 0 atom stereocenters. The van der Waals surface area contributed by atoms with Crippen LogP contribution in [0.5, 0.6) is 0 Å². The van der Waals surface area contributed by atoms with Crippen molar-refractivity contribution in [1.82, 2.24) is 0 Å². The Hall–Kier alpha value is -1.51. The van der Waals surface area contributed by atoms with Gasteiger partial charge in [0.05, 0.1) is 23.1 Å². The van der Waals surface area contributed by atoms with E-state index in [1.807, 2.05) is 32.0 Å². The Labute approximate surface area is 94.7 Å². The molecule has 0 aliphatic carbocycles. The third kappa shape index (κ3) is 2.29. The van der Waals surface area contributed by atoms with Crippen LogP contribution in [0.1, 0.15) is 36.5 Å². The third-order valence-electron chi connectivity index (χ3n) is 2.26. The molecule has 0 amide bonds. The van der Waals surface area contributed by atoms with Crippen LogP contribution < -0.4 is 0 Å². The summed E-state index contributed by atoms with van der Waals surface area (Å²) in [4.78, 5) is 0. The molecule has 0 aliphatic rings. The first-order valence-electron chi connectivity index (χ1n) is 4.70. The van der Waals surface area contributed by atoms with Crippen LogP contribution in [-0.4, -0.2) is 0 Å². The highest BCUT2D eigenvalue weighted by atomic mass is 35.5. The lowest BCUT2D eigenvalue weighted by Crippen LogP contribution is -1.97. The van der Waals surface area contributed by atoms with Gasteiger partial charge < -0.3 is 0 Å². The summed E-state index contributed by atoms with van der Waals surface area (Å²) in [5, 5.41) is 18.0. The zero-order chi connectivity index (χ0) is 11.4. The van der Waals surface area contributed by atoms with Gasteiger partial charge in [-0.1, -0.05) is 37.6 Å². The van der Waals surface area contributed by atoms with E-state index in [-0.39, 0.29) is 12.3 Å². The highest BCUT2D eigenvalue weighted by Crippen LogP contribution is 2.28. The molecule has 0 fully saturated rings. The van der Waals surface area contributed by atoms with E-state index in [0.717, 1.165) is 11.1 Å². The lowest BCUT2D eigenvalue weighted by molar-refractivity contribution is 0.861. The van der Waals surface area contributed by atoms with Crippen molar-refractivity contribution >= 4 is 11.6 Å². The SMILES string of the molecule is CC(C)c1ccc(CC#N)c(Cl)c1C#N. The maximum Gasteiger partial charge on any atom is 0.101 e. The molecule has 76 valence electrons. The molecule has 1 rings (SSSR count). The summed E-state index contributed by atoms with van der Waals surface area (Å²) in [6.07, 6.45) is 0.242. The van der Waals surface area contributed by atoms with Gasteiger partial charge in [0, 0.05) is 0 Å². The Morgan fingerprint density at radius 3 is 2.47 bits per heavy atom. The van der Waals surface area contributed by atoms with Gasteiger partial charge in [-0.05, 0) is 17.0 Å². The van der Waals surface area contributed by atoms with Crippen molar-refractivity contribution in [3.05, 3.63) is 33.8 Å². The van der Waals surface area contributed by atoms with E-state index in [2.05, 4.69) is 6.07 Å². The molecule has 0 heterocycles. The van der Waals surface area contributed by atoms with Crippen molar-refractivity contribution in [2.24, 2.45) is 0 Å². The molecule has 0 bridgehead atoms. The standard InChI is InChI=1S/C12H11ClN2/c1-8(2)10-4-3-9(5-6-14)12(13)11(10)7-15/h3-4,8H,5H2,1-2H3. The van der Waals surface area contributed by atoms with Crippen LogP contribution in [0.2, 0.25) is 5.02 Å². The molecule has 3 heteroatoms. The molecule has 0 spiro atoms. The van der Waals surface area contributed by atoms with Gasteiger partial charge in [0.15, 0.2) is 0 Å². The van der Waals surface area contributed by atoms with Crippen LogP contribution in [0.25, 0.3) is 0 Å². The van der Waals surface area contributed by atoms with Gasteiger partial charge in [-0.25, -0.2) is 0 Å². The third-order valence-corrected chi connectivity index (χ3v) is 2.69. The van der Waals surface area contributed by atoms with Crippen LogP contribution in [0.4, 0.5) is 0 Å². The summed E-state index contributed by atoms with van der Waals surface area (Å²) in [6, 6.07) is 7.83. The second-order valence-electron chi connectivity index (χ2n) is 3.60. The Bertz CT molecular complexity index is 450. The highest BCUT2D eigenvalue weighted by Gasteiger charge is 2.13. The van der Waals surface area contributed by atoms with E-state index >= 15 is 0 Å². The van der Waals surface area contributed by atoms with Crippen molar-refractivity contribution in [3.63, 3.8) is 0 Å². The number of halogens is 1. The number of rotatable bonds is 2. The number of nitriles is 2. The van der Waals surface area contributed by atoms with E-state index in [1.54, 1.807) is 0 Å². The van der Waals surface area contributed by atoms with Crippen molar-refractivity contribution in [2.45, 2.75) is 26.2 Å². The first-order chi connectivity index (χ1) is 7.11. The minimum atomic E-state index is 0.242. The fourth-order valence-electron chi connectivity index (χ4n) is 1.45. The Kier molecular flexibility index (Phi) is 3.72. The Balaban J connectivity index is 3.36. The van der Waals surface area contributed by atoms with Crippen LogP contribution >= 0.6 is 11.6 Å². The zero-order valence-corrected chi connectivity index (χ0v) is 9.47. The Morgan fingerprint density at radius 1 is 1.33 bits per heavy atom. The quantitative estimate of drug-likeness (QED) is 0.764. The summed E-state index contributed by atoms with van der Waals surface area (Å²) in [5.74, 6) is 0.258. The molecule has 0 radical (unpaired) electrons. The minimum absolute atomic E-state index is 0.242. The molecule has 0 saturated carbocycles. The molecular weight excluding hydrogens is 208 g/mol. The number of benzene rings is 1. The molecule has 0 unspecified atom stereocenters. The lowest BCUT2D eigenvalue weighted by atomic mass is 9.95. The summed E-state index contributed by atoms with van der Waals surface area (Å²) >= 11 is 6.06. The molecular formula is C12H11ClN2. The van der Waals surface area contributed by atoms with Crippen molar-refractivity contribution in [3.8, 4) is 12.1 Å². The molecule has 0 aromatic heterocycles. The van der Waals surface area contributed by atoms with E-state index in [1.165, 1.54) is 0 Å². The van der Waals surface area contributed by atoms with Crippen LogP contribution in [0.15, 0.2) is 12.1 Å². The van der Waals surface area contributed by atoms with E-state index < -0.39 is 0 Å². The Morgan fingerprint density at radius 2 is 2.00 bits per heavy atom. The van der Waals surface area contributed by atoms with Gasteiger partial charge in [0.1, 0.15) is 6.07 Å². The average molecular weight is 219 g/mol. The monoisotopic (exact) mass is 218 g/mol. The van der Waals surface area contributed by atoms with Crippen LogP contribution in [0.3, 0.4) is 0 Å². The van der Waals surface area contributed by atoms with Gasteiger partial charge in [0.2, 0.25) is 0 Å². The van der Waals surface area contributed by atoms with Crippen LogP contribution in [0, 0.1) is 22.7 Å². The fraction of sp³-hybridized carbons (Fsp3) is 0.333. The van der Waals surface area contributed by atoms with Gasteiger partial charge >= 0.3 is 0 Å². The summed E-state index contributed by atoms with van der Waals surface area (Å²) in [7, 11) is 0. The molecule has 1 aromatic carbocycles. The van der Waals surface area contributed by atoms with Gasteiger partial charge in [-0.15, -0.1) is 0 Å². The fourth-order valence-corrected chi connectivity index (χ4v) is 1.73. The molecule has 2 nitrogen and oxygen atoms in total. The smallest absolute Gasteiger partial charge is 0.101 e. The first-order valence-corrected chi connectivity index (χ1v) is 5.08. The predicted octanol–water partition coefficient (Wildman–Crippen LogP) is 3.40. The maximum absolute atomic E-state index is 9.02. The summed E-state index contributed by atoms with van der Waals surface area (Å²) < 4.78 is 0. The van der Waals surface area contributed by atoms with Crippen molar-refractivity contribution < 1.29 is 0 Å².